The maximum Gasteiger partial charge on any atom is 0.249 e. The molecule has 5 nitrogen and oxygen atoms in total. The third-order valence-electron chi connectivity index (χ3n) is 3.24. The molecule has 0 radical (unpaired) electrons. The number of anilines is 3. The van der Waals surface area contributed by atoms with Crippen LogP contribution in [0.1, 0.15) is 11.1 Å². The Hall–Kier alpha value is -2.47. The minimum Gasteiger partial charge on any atom is -0.365 e. The number of nitrogens with one attached hydrogen (secondary N) is 2. The van der Waals surface area contributed by atoms with Gasteiger partial charge in [-0.25, -0.2) is 0 Å². The summed E-state index contributed by atoms with van der Waals surface area (Å²) in [5, 5.41) is 14.4. The third-order valence-corrected chi connectivity index (χ3v) is 3.93. The van der Waals surface area contributed by atoms with Crippen molar-refractivity contribution in [2.24, 2.45) is 0 Å². The lowest BCUT2D eigenvalue weighted by Crippen LogP contribution is -2.06. The van der Waals surface area contributed by atoms with E-state index < -0.39 is 0 Å². The Balaban J connectivity index is 1.69. The number of hydrogen-bond acceptors (Lipinski definition) is 5. The highest BCUT2D eigenvalue weighted by Gasteiger charge is 2.04. The lowest BCUT2D eigenvalue weighted by molar-refractivity contribution is 0.965. The van der Waals surface area contributed by atoms with Gasteiger partial charge in [-0.1, -0.05) is 42.0 Å². The molecule has 0 fully saturated rings. The zero-order valence-electron chi connectivity index (χ0n) is 12.6. The SMILES string of the molecule is Cc1cccc(CNc2cnnc(Nc3ccccc3Br)n2)c1. The maximum atomic E-state index is 4.43. The van der Waals surface area contributed by atoms with Gasteiger partial charge in [0.15, 0.2) is 5.82 Å². The van der Waals surface area contributed by atoms with Crippen molar-refractivity contribution < 1.29 is 0 Å². The number of nitrogens with zero attached hydrogens (tertiary/aromatic N) is 3. The van der Waals surface area contributed by atoms with Crippen LogP contribution in [0.25, 0.3) is 0 Å². The average molecular weight is 370 g/mol. The van der Waals surface area contributed by atoms with Crippen molar-refractivity contribution >= 4 is 33.4 Å². The van der Waals surface area contributed by atoms with Crippen molar-refractivity contribution in [3.63, 3.8) is 0 Å². The highest BCUT2D eigenvalue weighted by atomic mass is 79.9. The van der Waals surface area contributed by atoms with Gasteiger partial charge < -0.3 is 10.6 Å². The van der Waals surface area contributed by atoms with E-state index in [2.05, 4.69) is 66.9 Å². The van der Waals surface area contributed by atoms with Crippen LogP contribution >= 0.6 is 15.9 Å². The van der Waals surface area contributed by atoms with Crippen LogP contribution in [0, 0.1) is 6.92 Å². The number of hydrogen-bond donors (Lipinski definition) is 2. The van der Waals surface area contributed by atoms with E-state index in [0.717, 1.165) is 10.2 Å². The fraction of sp³-hybridized carbons (Fsp3) is 0.118. The van der Waals surface area contributed by atoms with E-state index in [1.165, 1.54) is 11.1 Å². The number of aromatic nitrogens is 3. The fourth-order valence-corrected chi connectivity index (χ4v) is 2.52. The molecule has 2 aromatic carbocycles. The van der Waals surface area contributed by atoms with Crippen molar-refractivity contribution in [1.29, 1.82) is 0 Å². The zero-order valence-corrected chi connectivity index (χ0v) is 14.2. The normalized spacial score (nSPS) is 10.3. The first kappa shape index (κ1) is 15.4. The molecule has 116 valence electrons. The second kappa shape index (κ2) is 7.19. The summed E-state index contributed by atoms with van der Waals surface area (Å²) in [6.07, 6.45) is 1.61. The summed E-state index contributed by atoms with van der Waals surface area (Å²) in [6, 6.07) is 16.1. The summed E-state index contributed by atoms with van der Waals surface area (Å²) in [4.78, 5) is 4.43. The van der Waals surface area contributed by atoms with E-state index in [-0.39, 0.29) is 0 Å². The van der Waals surface area contributed by atoms with Gasteiger partial charge in [-0.15, -0.1) is 5.10 Å². The molecule has 0 aliphatic carbocycles. The monoisotopic (exact) mass is 369 g/mol. The van der Waals surface area contributed by atoms with Gasteiger partial charge in [-0.2, -0.15) is 10.1 Å². The van der Waals surface area contributed by atoms with Crippen LogP contribution in [0.3, 0.4) is 0 Å². The van der Waals surface area contributed by atoms with Gasteiger partial charge in [-0.3, -0.25) is 0 Å². The zero-order chi connectivity index (χ0) is 16.1. The van der Waals surface area contributed by atoms with Gasteiger partial charge in [0.1, 0.15) is 0 Å². The number of rotatable bonds is 5. The Kier molecular flexibility index (Phi) is 4.83. The second-order valence-electron chi connectivity index (χ2n) is 5.11. The molecule has 0 saturated heterocycles. The van der Waals surface area contributed by atoms with E-state index in [0.29, 0.717) is 18.3 Å². The Morgan fingerprint density at radius 2 is 1.96 bits per heavy atom. The lowest BCUT2D eigenvalue weighted by Gasteiger charge is -2.09. The van der Waals surface area contributed by atoms with Gasteiger partial charge in [0.05, 0.1) is 11.9 Å². The molecule has 0 saturated carbocycles. The first-order valence-corrected chi connectivity index (χ1v) is 8.01. The van der Waals surface area contributed by atoms with E-state index in [9.17, 15) is 0 Å². The summed E-state index contributed by atoms with van der Waals surface area (Å²) < 4.78 is 0.946. The lowest BCUT2D eigenvalue weighted by atomic mass is 10.1. The smallest absolute Gasteiger partial charge is 0.249 e. The van der Waals surface area contributed by atoms with Gasteiger partial charge >= 0.3 is 0 Å². The predicted octanol–water partition coefficient (Wildman–Crippen LogP) is 4.30. The summed E-state index contributed by atoms with van der Waals surface area (Å²) in [5.41, 5.74) is 3.33. The van der Waals surface area contributed by atoms with Crippen LogP contribution in [0.15, 0.2) is 59.2 Å². The molecule has 23 heavy (non-hydrogen) atoms. The molecule has 0 atom stereocenters. The second-order valence-corrected chi connectivity index (χ2v) is 5.97. The first-order chi connectivity index (χ1) is 11.2. The van der Waals surface area contributed by atoms with Crippen LogP contribution in [0.4, 0.5) is 17.5 Å². The topological polar surface area (TPSA) is 62.7 Å². The molecule has 0 spiro atoms. The van der Waals surface area contributed by atoms with Crippen molar-refractivity contribution in [2.75, 3.05) is 10.6 Å². The standard InChI is InChI=1S/C17H16BrN5/c1-12-5-4-6-13(9-12)10-19-16-11-20-23-17(22-16)21-15-8-3-2-7-14(15)18/h2-9,11H,10H2,1H3,(H2,19,21,22,23). The molecular formula is C17H16BrN5. The summed E-state index contributed by atoms with van der Waals surface area (Å²) >= 11 is 3.49. The molecule has 1 heterocycles. The van der Waals surface area contributed by atoms with Gasteiger partial charge in [0.2, 0.25) is 5.95 Å². The number of benzene rings is 2. The molecule has 6 heteroatoms. The molecule has 0 aliphatic heterocycles. The first-order valence-electron chi connectivity index (χ1n) is 7.21. The van der Waals surface area contributed by atoms with E-state index >= 15 is 0 Å². The molecule has 3 rings (SSSR count). The molecule has 0 aliphatic rings. The quantitative estimate of drug-likeness (QED) is 0.701. The summed E-state index contributed by atoms with van der Waals surface area (Å²) in [7, 11) is 0. The molecule has 0 amide bonds. The average Bonchev–Trinajstić information content (AvgIpc) is 2.56. The van der Waals surface area contributed by atoms with Crippen LogP contribution in [-0.4, -0.2) is 15.2 Å². The van der Waals surface area contributed by atoms with Crippen LogP contribution in [0.5, 0.6) is 0 Å². The van der Waals surface area contributed by atoms with Crippen molar-refractivity contribution in [3.8, 4) is 0 Å². The van der Waals surface area contributed by atoms with E-state index in [1.807, 2.05) is 30.3 Å². The highest BCUT2D eigenvalue weighted by molar-refractivity contribution is 9.10. The molecule has 3 aromatic rings. The highest BCUT2D eigenvalue weighted by Crippen LogP contribution is 2.23. The summed E-state index contributed by atoms with van der Waals surface area (Å²) in [5.74, 6) is 1.13. The van der Waals surface area contributed by atoms with Crippen LogP contribution in [0.2, 0.25) is 0 Å². The number of para-hydroxylation sites is 1. The Labute approximate surface area is 143 Å². The molecule has 0 bridgehead atoms. The van der Waals surface area contributed by atoms with Crippen molar-refractivity contribution in [3.05, 3.63) is 70.3 Å². The molecule has 1 aromatic heterocycles. The minimum atomic E-state index is 0.450. The van der Waals surface area contributed by atoms with Gasteiger partial charge in [-0.05, 0) is 40.5 Å². The Morgan fingerprint density at radius 1 is 1.09 bits per heavy atom. The van der Waals surface area contributed by atoms with Crippen molar-refractivity contribution in [1.82, 2.24) is 15.2 Å². The maximum absolute atomic E-state index is 4.43. The van der Waals surface area contributed by atoms with E-state index in [4.69, 9.17) is 0 Å². The largest absolute Gasteiger partial charge is 0.365 e. The van der Waals surface area contributed by atoms with Gasteiger partial charge in [0.25, 0.3) is 0 Å². The Morgan fingerprint density at radius 3 is 2.78 bits per heavy atom. The fourth-order valence-electron chi connectivity index (χ4n) is 2.14. The molecule has 0 unspecified atom stereocenters. The van der Waals surface area contributed by atoms with Crippen molar-refractivity contribution in [2.45, 2.75) is 13.5 Å². The summed E-state index contributed by atoms with van der Waals surface area (Å²) in [6.45, 7) is 2.77. The minimum absolute atomic E-state index is 0.450. The van der Waals surface area contributed by atoms with E-state index in [1.54, 1.807) is 6.20 Å². The van der Waals surface area contributed by atoms with Gasteiger partial charge in [0, 0.05) is 11.0 Å². The predicted molar refractivity (Wildman–Crippen MR) is 95.8 cm³/mol. The third kappa shape index (κ3) is 4.26. The van der Waals surface area contributed by atoms with Crippen LogP contribution in [-0.2, 0) is 6.54 Å². The molecule has 2 N–H and O–H groups in total. The number of aryl methyl sites for hydroxylation is 1. The van der Waals surface area contributed by atoms with Crippen LogP contribution < -0.4 is 10.6 Å². The Bertz CT molecular complexity index is 806. The number of halogens is 1. The molecular weight excluding hydrogens is 354 g/mol.